The van der Waals surface area contributed by atoms with Gasteiger partial charge in [0.15, 0.2) is 17.5 Å². The first-order valence-corrected chi connectivity index (χ1v) is 8.52. The summed E-state index contributed by atoms with van der Waals surface area (Å²) in [6.07, 6.45) is 1.32. The van der Waals surface area contributed by atoms with Crippen molar-refractivity contribution < 1.29 is 18.0 Å². The van der Waals surface area contributed by atoms with Crippen molar-refractivity contribution in [2.24, 2.45) is 0 Å². The normalized spacial score (nSPS) is 10.6. The maximum atomic E-state index is 13.8. The van der Waals surface area contributed by atoms with Gasteiger partial charge in [-0.3, -0.25) is 4.79 Å². The predicted molar refractivity (Wildman–Crippen MR) is 100 cm³/mol. The molecule has 0 saturated carbocycles. The summed E-state index contributed by atoms with van der Waals surface area (Å²) in [5.74, 6) is -4.78. The molecule has 144 valence electrons. The number of nitrogens with zero attached hydrogens (tertiary/aromatic N) is 3. The van der Waals surface area contributed by atoms with Gasteiger partial charge in [-0.25, -0.2) is 23.1 Å². The molecule has 0 atom stereocenters. The van der Waals surface area contributed by atoms with E-state index in [0.717, 1.165) is 17.7 Å². The molecular weight excluding hydrogens is 369 g/mol. The highest BCUT2D eigenvalue weighted by atomic mass is 19.2. The van der Waals surface area contributed by atoms with Gasteiger partial charge in [-0.15, -0.1) is 0 Å². The van der Waals surface area contributed by atoms with Gasteiger partial charge in [0, 0.05) is 18.4 Å². The summed E-state index contributed by atoms with van der Waals surface area (Å²) in [7, 11) is 0. The Morgan fingerprint density at radius 1 is 1.11 bits per heavy atom. The number of benzene rings is 2. The Labute approximate surface area is 159 Å². The van der Waals surface area contributed by atoms with Gasteiger partial charge in [0.05, 0.1) is 5.69 Å². The molecule has 0 aliphatic rings. The first-order chi connectivity index (χ1) is 13.4. The lowest BCUT2D eigenvalue weighted by atomic mass is 10.2. The Morgan fingerprint density at radius 3 is 2.61 bits per heavy atom. The van der Waals surface area contributed by atoms with Crippen LogP contribution in [0.3, 0.4) is 0 Å². The number of carbonyl (C=O) groups is 1. The molecule has 28 heavy (non-hydrogen) atoms. The van der Waals surface area contributed by atoms with E-state index < -0.39 is 17.5 Å². The summed E-state index contributed by atoms with van der Waals surface area (Å²) in [6, 6.07) is 10.7. The predicted octanol–water partition coefficient (Wildman–Crippen LogP) is 4.61. The summed E-state index contributed by atoms with van der Waals surface area (Å²) in [5.41, 5.74) is 1.45. The highest BCUT2D eigenvalue weighted by molar-refractivity contribution is 6.04. The average Bonchev–Trinajstić information content (AvgIpc) is 2.69. The first-order valence-electron chi connectivity index (χ1n) is 8.52. The minimum Gasteiger partial charge on any atom is -0.322 e. The molecule has 0 aliphatic carbocycles. The average molecular weight is 386 g/mol. The fraction of sp³-hybridized carbons (Fsp3) is 0.150. The van der Waals surface area contributed by atoms with Gasteiger partial charge in [0.1, 0.15) is 5.69 Å². The first kappa shape index (κ1) is 19.3. The molecule has 3 aromatic rings. The number of aryl methyl sites for hydroxylation is 1. The van der Waals surface area contributed by atoms with E-state index in [2.05, 4.69) is 15.3 Å². The maximum absolute atomic E-state index is 13.8. The Hall–Kier alpha value is -3.42. The lowest BCUT2D eigenvalue weighted by Crippen LogP contribution is -2.31. The third-order valence-electron chi connectivity index (χ3n) is 4.03. The molecule has 0 fully saturated rings. The molecule has 8 heteroatoms. The molecule has 1 amide bonds. The zero-order valence-corrected chi connectivity index (χ0v) is 15.2. The zero-order chi connectivity index (χ0) is 20.3. The Bertz CT molecular complexity index is 1030. The van der Waals surface area contributed by atoms with E-state index >= 15 is 0 Å². The standard InChI is InChI=1S/C20H17F3N4O/c1-3-27(13-6-4-5-12(2)11-13)19(28)16-9-10-24-20(26-16)25-15-8-7-14(21)17(22)18(15)23/h4-11H,3H2,1-2H3,(H,24,25,26). The van der Waals surface area contributed by atoms with E-state index in [9.17, 15) is 18.0 Å². The van der Waals surface area contributed by atoms with Crippen LogP contribution >= 0.6 is 0 Å². The van der Waals surface area contributed by atoms with E-state index in [1.807, 2.05) is 38.1 Å². The van der Waals surface area contributed by atoms with Crippen LogP contribution in [-0.4, -0.2) is 22.4 Å². The van der Waals surface area contributed by atoms with Crippen molar-refractivity contribution in [3.8, 4) is 0 Å². The van der Waals surface area contributed by atoms with E-state index in [1.54, 1.807) is 0 Å². The fourth-order valence-corrected chi connectivity index (χ4v) is 2.66. The number of halogens is 3. The smallest absolute Gasteiger partial charge is 0.277 e. The lowest BCUT2D eigenvalue weighted by Gasteiger charge is -2.21. The van der Waals surface area contributed by atoms with Crippen molar-refractivity contribution in [1.29, 1.82) is 0 Å². The minimum atomic E-state index is -1.60. The van der Waals surface area contributed by atoms with Crippen LogP contribution in [0.1, 0.15) is 23.0 Å². The molecule has 1 aromatic heterocycles. The van der Waals surface area contributed by atoms with Crippen molar-refractivity contribution in [2.45, 2.75) is 13.8 Å². The number of hydrogen-bond acceptors (Lipinski definition) is 4. The van der Waals surface area contributed by atoms with Gasteiger partial charge in [-0.1, -0.05) is 12.1 Å². The van der Waals surface area contributed by atoms with Crippen LogP contribution in [-0.2, 0) is 0 Å². The molecule has 1 N–H and O–H groups in total. The quantitative estimate of drug-likeness (QED) is 0.651. The second-order valence-corrected chi connectivity index (χ2v) is 6.00. The number of anilines is 3. The summed E-state index contributed by atoms with van der Waals surface area (Å²) in [6.45, 7) is 4.16. The van der Waals surface area contributed by atoms with Gasteiger partial charge in [-0.05, 0) is 49.7 Å². The van der Waals surface area contributed by atoms with E-state index in [0.29, 0.717) is 12.2 Å². The van der Waals surface area contributed by atoms with Crippen LogP contribution in [0, 0.1) is 24.4 Å². The number of aromatic nitrogens is 2. The van der Waals surface area contributed by atoms with Crippen LogP contribution in [0.4, 0.5) is 30.5 Å². The van der Waals surface area contributed by atoms with E-state index in [4.69, 9.17) is 0 Å². The van der Waals surface area contributed by atoms with Gasteiger partial charge < -0.3 is 10.2 Å². The lowest BCUT2D eigenvalue weighted by molar-refractivity contribution is 0.0983. The second-order valence-electron chi connectivity index (χ2n) is 6.00. The maximum Gasteiger partial charge on any atom is 0.277 e. The molecule has 0 aliphatic heterocycles. The summed E-state index contributed by atoms with van der Waals surface area (Å²) >= 11 is 0. The van der Waals surface area contributed by atoms with Crippen LogP contribution < -0.4 is 10.2 Å². The van der Waals surface area contributed by atoms with Crippen LogP contribution in [0.25, 0.3) is 0 Å². The number of rotatable bonds is 5. The Kier molecular flexibility index (Phi) is 5.58. The second kappa shape index (κ2) is 8.08. The molecule has 0 spiro atoms. The molecule has 0 radical (unpaired) electrons. The van der Waals surface area contributed by atoms with Crippen molar-refractivity contribution in [3.63, 3.8) is 0 Å². The number of carbonyl (C=O) groups excluding carboxylic acids is 1. The summed E-state index contributed by atoms with van der Waals surface area (Å²) < 4.78 is 40.3. The Balaban J connectivity index is 1.88. The number of amides is 1. The number of hydrogen-bond donors (Lipinski definition) is 1. The fourth-order valence-electron chi connectivity index (χ4n) is 2.66. The molecule has 0 unspecified atom stereocenters. The SMILES string of the molecule is CCN(C(=O)c1ccnc(Nc2ccc(F)c(F)c2F)n1)c1cccc(C)c1. The van der Waals surface area contributed by atoms with Crippen molar-refractivity contribution >= 4 is 23.2 Å². The highest BCUT2D eigenvalue weighted by Gasteiger charge is 2.19. The molecule has 1 heterocycles. The zero-order valence-electron chi connectivity index (χ0n) is 15.2. The van der Waals surface area contributed by atoms with Crippen LogP contribution in [0.15, 0.2) is 48.7 Å². The van der Waals surface area contributed by atoms with Gasteiger partial charge in [0.25, 0.3) is 5.91 Å². The topological polar surface area (TPSA) is 58.1 Å². The molecule has 5 nitrogen and oxygen atoms in total. The molecule has 0 bridgehead atoms. The molecular formula is C20H17F3N4O. The van der Waals surface area contributed by atoms with E-state index in [-0.39, 0.29) is 23.2 Å². The van der Waals surface area contributed by atoms with Gasteiger partial charge in [-0.2, -0.15) is 0 Å². The van der Waals surface area contributed by atoms with Gasteiger partial charge >= 0.3 is 0 Å². The van der Waals surface area contributed by atoms with Crippen LogP contribution in [0.5, 0.6) is 0 Å². The number of nitrogens with one attached hydrogen (secondary N) is 1. The highest BCUT2D eigenvalue weighted by Crippen LogP contribution is 2.23. The monoisotopic (exact) mass is 386 g/mol. The summed E-state index contributed by atoms with van der Waals surface area (Å²) in [5, 5.41) is 2.47. The van der Waals surface area contributed by atoms with Crippen molar-refractivity contribution in [2.75, 3.05) is 16.8 Å². The Morgan fingerprint density at radius 2 is 1.89 bits per heavy atom. The van der Waals surface area contributed by atoms with Crippen molar-refractivity contribution in [1.82, 2.24) is 9.97 Å². The largest absolute Gasteiger partial charge is 0.322 e. The summed E-state index contributed by atoms with van der Waals surface area (Å²) in [4.78, 5) is 22.4. The third kappa shape index (κ3) is 3.95. The minimum absolute atomic E-state index is 0.0730. The molecule has 3 rings (SSSR count). The van der Waals surface area contributed by atoms with Crippen LogP contribution in [0.2, 0.25) is 0 Å². The molecule has 2 aromatic carbocycles. The molecule has 0 saturated heterocycles. The third-order valence-corrected chi connectivity index (χ3v) is 4.03. The van der Waals surface area contributed by atoms with Gasteiger partial charge in [0.2, 0.25) is 5.95 Å². The van der Waals surface area contributed by atoms with E-state index in [1.165, 1.54) is 17.2 Å². The van der Waals surface area contributed by atoms with Crippen molar-refractivity contribution in [3.05, 3.63) is 77.4 Å².